The maximum absolute atomic E-state index is 10.3. The molecule has 0 aliphatic heterocycles. The first kappa shape index (κ1) is 15.0. The van der Waals surface area contributed by atoms with Gasteiger partial charge in [-0.2, -0.15) is 0 Å². The molecular formula is C16H24N2O2. The summed E-state index contributed by atoms with van der Waals surface area (Å²) >= 11 is 0. The highest BCUT2D eigenvalue weighted by atomic mass is 16.5. The number of hydrogen-bond acceptors (Lipinski definition) is 3. The molecule has 1 saturated carbocycles. The first-order valence-corrected chi connectivity index (χ1v) is 7.41. The fourth-order valence-electron chi connectivity index (χ4n) is 2.85. The topological polar surface area (TPSA) is 64.9 Å². The van der Waals surface area contributed by atoms with Crippen molar-refractivity contribution in [2.24, 2.45) is 10.9 Å². The van der Waals surface area contributed by atoms with E-state index < -0.39 is 6.10 Å². The van der Waals surface area contributed by atoms with Crippen LogP contribution in [0.3, 0.4) is 0 Å². The molecule has 1 aromatic carbocycles. The Morgan fingerprint density at radius 2 is 2.10 bits per heavy atom. The molecular weight excluding hydrogens is 252 g/mol. The zero-order valence-electron chi connectivity index (χ0n) is 12.0. The van der Waals surface area contributed by atoms with Gasteiger partial charge in [0.15, 0.2) is 0 Å². The van der Waals surface area contributed by atoms with E-state index in [0.29, 0.717) is 18.2 Å². The van der Waals surface area contributed by atoms with Gasteiger partial charge in [-0.1, -0.05) is 31.4 Å². The predicted octanol–water partition coefficient (Wildman–Crippen LogP) is 3.34. The molecule has 0 heterocycles. The van der Waals surface area contributed by atoms with E-state index in [1.807, 2.05) is 31.2 Å². The average molecular weight is 276 g/mol. The van der Waals surface area contributed by atoms with Gasteiger partial charge in [0.25, 0.3) is 0 Å². The van der Waals surface area contributed by atoms with Gasteiger partial charge in [-0.25, -0.2) is 4.99 Å². The van der Waals surface area contributed by atoms with Crippen LogP contribution in [0.2, 0.25) is 0 Å². The van der Waals surface area contributed by atoms with Gasteiger partial charge in [0, 0.05) is 6.42 Å². The number of nitrogens with zero attached hydrogens (tertiary/aromatic N) is 1. The highest BCUT2D eigenvalue weighted by Gasteiger charge is 2.23. The fourth-order valence-corrected chi connectivity index (χ4v) is 2.85. The highest BCUT2D eigenvalue weighted by molar-refractivity contribution is 5.84. The van der Waals surface area contributed by atoms with Gasteiger partial charge in [-0.15, -0.1) is 0 Å². The van der Waals surface area contributed by atoms with E-state index in [2.05, 4.69) is 10.5 Å². The second-order valence-electron chi connectivity index (χ2n) is 5.68. The molecule has 0 spiro atoms. The summed E-state index contributed by atoms with van der Waals surface area (Å²) < 4.78 is 0. The van der Waals surface area contributed by atoms with E-state index in [9.17, 15) is 10.3 Å². The van der Waals surface area contributed by atoms with Crippen molar-refractivity contribution >= 4 is 11.5 Å². The van der Waals surface area contributed by atoms with E-state index in [0.717, 1.165) is 24.1 Å². The quantitative estimate of drug-likeness (QED) is 0.449. The van der Waals surface area contributed by atoms with Crippen LogP contribution in [0.25, 0.3) is 0 Å². The Balaban J connectivity index is 2.00. The minimum Gasteiger partial charge on any atom is -0.392 e. The zero-order chi connectivity index (χ0) is 14.4. The fraction of sp³-hybridized carbons (Fsp3) is 0.562. The molecule has 4 nitrogen and oxygen atoms in total. The number of hydrogen-bond donors (Lipinski definition) is 3. The lowest BCUT2D eigenvalue weighted by molar-refractivity contribution is 0.0875. The Morgan fingerprint density at radius 1 is 1.35 bits per heavy atom. The van der Waals surface area contributed by atoms with Crippen LogP contribution in [-0.4, -0.2) is 22.3 Å². The SMILES string of the molecule is Cc1cccc(N=C(CC(O)C2CCCCC2)NO)c1. The van der Waals surface area contributed by atoms with Crippen LogP contribution in [-0.2, 0) is 0 Å². The van der Waals surface area contributed by atoms with Gasteiger partial charge in [0.05, 0.1) is 11.8 Å². The third-order valence-electron chi connectivity index (χ3n) is 3.99. The molecule has 1 aliphatic rings. The number of aliphatic hydroxyl groups is 1. The Bertz CT molecular complexity index is 454. The zero-order valence-corrected chi connectivity index (χ0v) is 12.0. The van der Waals surface area contributed by atoms with Gasteiger partial charge >= 0.3 is 0 Å². The van der Waals surface area contributed by atoms with Crippen molar-refractivity contribution in [2.45, 2.75) is 51.6 Å². The third kappa shape index (κ3) is 4.32. The molecule has 4 heteroatoms. The Morgan fingerprint density at radius 3 is 2.75 bits per heavy atom. The largest absolute Gasteiger partial charge is 0.392 e. The van der Waals surface area contributed by atoms with Crippen LogP contribution in [0.4, 0.5) is 5.69 Å². The van der Waals surface area contributed by atoms with Crippen molar-refractivity contribution in [3.8, 4) is 0 Å². The summed E-state index contributed by atoms with van der Waals surface area (Å²) in [5, 5.41) is 19.5. The monoisotopic (exact) mass is 276 g/mol. The van der Waals surface area contributed by atoms with Gasteiger partial charge in [-0.3, -0.25) is 10.7 Å². The molecule has 0 saturated heterocycles. The van der Waals surface area contributed by atoms with E-state index in [1.165, 1.54) is 19.3 Å². The molecule has 1 aliphatic carbocycles. The molecule has 0 radical (unpaired) electrons. The number of benzene rings is 1. The van der Waals surface area contributed by atoms with Crippen molar-refractivity contribution in [1.29, 1.82) is 0 Å². The third-order valence-corrected chi connectivity index (χ3v) is 3.99. The summed E-state index contributed by atoms with van der Waals surface area (Å²) in [6, 6.07) is 7.77. The summed E-state index contributed by atoms with van der Waals surface area (Å²) in [5.41, 5.74) is 4.04. The molecule has 2 rings (SSSR count). The number of aliphatic imine (C=N–C) groups is 1. The molecule has 110 valence electrons. The number of aryl methyl sites for hydroxylation is 1. The molecule has 0 aromatic heterocycles. The van der Waals surface area contributed by atoms with Crippen molar-refractivity contribution in [1.82, 2.24) is 5.48 Å². The first-order chi connectivity index (χ1) is 9.69. The average Bonchev–Trinajstić information content (AvgIpc) is 2.47. The highest BCUT2D eigenvalue weighted by Crippen LogP contribution is 2.28. The van der Waals surface area contributed by atoms with Gasteiger partial charge in [0.1, 0.15) is 5.84 Å². The van der Waals surface area contributed by atoms with Crippen molar-refractivity contribution < 1.29 is 10.3 Å². The summed E-state index contributed by atoms with van der Waals surface area (Å²) in [5.74, 6) is 0.758. The van der Waals surface area contributed by atoms with Crippen LogP contribution in [0.5, 0.6) is 0 Å². The number of amidine groups is 1. The maximum atomic E-state index is 10.3. The van der Waals surface area contributed by atoms with E-state index in [4.69, 9.17) is 0 Å². The molecule has 1 atom stereocenters. The van der Waals surface area contributed by atoms with Crippen molar-refractivity contribution in [3.05, 3.63) is 29.8 Å². The number of nitrogens with one attached hydrogen (secondary N) is 1. The maximum Gasteiger partial charge on any atom is 0.128 e. The Hall–Kier alpha value is -1.39. The smallest absolute Gasteiger partial charge is 0.128 e. The molecule has 3 N–H and O–H groups in total. The molecule has 20 heavy (non-hydrogen) atoms. The molecule has 1 aromatic rings. The second kappa shape index (κ2) is 7.41. The summed E-state index contributed by atoms with van der Waals surface area (Å²) in [6.45, 7) is 2.00. The standard InChI is InChI=1S/C16H24N2O2/c1-12-6-5-9-14(10-12)17-16(18-20)11-15(19)13-7-3-2-4-8-13/h5-6,9-10,13,15,19-20H,2-4,7-8,11H2,1H3,(H,17,18). The minimum atomic E-state index is -0.432. The van der Waals surface area contributed by atoms with Gasteiger partial charge in [0.2, 0.25) is 0 Å². The molecule has 1 fully saturated rings. The number of aliphatic hydroxyl groups excluding tert-OH is 1. The van der Waals surface area contributed by atoms with Crippen LogP contribution in [0.1, 0.15) is 44.1 Å². The van der Waals surface area contributed by atoms with Crippen LogP contribution >= 0.6 is 0 Å². The van der Waals surface area contributed by atoms with Crippen molar-refractivity contribution in [3.63, 3.8) is 0 Å². The predicted molar refractivity (Wildman–Crippen MR) is 80.4 cm³/mol. The summed E-state index contributed by atoms with van der Waals surface area (Å²) in [6.07, 6.45) is 5.74. The number of rotatable bonds is 4. The van der Waals surface area contributed by atoms with Crippen molar-refractivity contribution in [2.75, 3.05) is 0 Å². The molecule has 0 amide bonds. The lowest BCUT2D eigenvalue weighted by atomic mass is 9.84. The Labute approximate surface area is 120 Å². The number of hydroxylamine groups is 1. The second-order valence-corrected chi connectivity index (χ2v) is 5.68. The van der Waals surface area contributed by atoms with Crippen LogP contribution in [0.15, 0.2) is 29.3 Å². The van der Waals surface area contributed by atoms with Gasteiger partial charge < -0.3 is 5.11 Å². The lowest BCUT2D eigenvalue weighted by Crippen LogP contribution is -2.30. The van der Waals surface area contributed by atoms with Crippen LogP contribution < -0.4 is 5.48 Å². The lowest BCUT2D eigenvalue weighted by Gasteiger charge is -2.26. The minimum absolute atomic E-state index is 0.333. The summed E-state index contributed by atoms with van der Waals surface area (Å²) in [7, 11) is 0. The van der Waals surface area contributed by atoms with Crippen LogP contribution in [0, 0.1) is 12.8 Å². The van der Waals surface area contributed by atoms with E-state index >= 15 is 0 Å². The first-order valence-electron chi connectivity index (χ1n) is 7.41. The van der Waals surface area contributed by atoms with E-state index in [-0.39, 0.29) is 0 Å². The summed E-state index contributed by atoms with van der Waals surface area (Å²) in [4.78, 5) is 4.37. The Kier molecular flexibility index (Phi) is 5.56. The molecule has 1 unspecified atom stereocenters. The molecule has 0 bridgehead atoms. The van der Waals surface area contributed by atoms with Gasteiger partial charge in [-0.05, 0) is 43.4 Å². The van der Waals surface area contributed by atoms with E-state index in [1.54, 1.807) is 0 Å². The normalized spacial score (nSPS) is 18.9.